The van der Waals surface area contributed by atoms with Gasteiger partial charge in [0.05, 0.1) is 0 Å². The van der Waals surface area contributed by atoms with Crippen LogP contribution in [-0.2, 0) is 4.79 Å². The van der Waals surface area contributed by atoms with Gasteiger partial charge in [-0.2, -0.15) is 0 Å². The molecular weight excluding hydrogens is 344 g/mol. The highest BCUT2D eigenvalue weighted by atomic mass is 35.5. The molecule has 0 aliphatic heterocycles. The van der Waals surface area contributed by atoms with Gasteiger partial charge in [-0.3, -0.25) is 4.79 Å². The van der Waals surface area contributed by atoms with Crippen LogP contribution in [0, 0.1) is 13.8 Å². The quantitative estimate of drug-likeness (QED) is 0.578. The zero-order chi connectivity index (χ0) is 16.7. The van der Waals surface area contributed by atoms with E-state index in [-0.39, 0.29) is 18.3 Å². The first-order chi connectivity index (χ1) is 11.1. The maximum absolute atomic E-state index is 11.8. The minimum Gasteiger partial charge on any atom is -0.326 e. The van der Waals surface area contributed by atoms with Crippen LogP contribution in [0.25, 0.3) is 0 Å². The van der Waals surface area contributed by atoms with Gasteiger partial charge in [-0.15, -0.1) is 12.4 Å². The van der Waals surface area contributed by atoms with Crippen LogP contribution in [0.2, 0.25) is 0 Å². The molecule has 0 saturated heterocycles. The van der Waals surface area contributed by atoms with Gasteiger partial charge in [0, 0.05) is 28.4 Å². The summed E-state index contributed by atoms with van der Waals surface area (Å²) in [6.07, 6.45) is 1.36. The van der Waals surface area contributed by atoms with E-state index in [0.29, 0.717) is 6.42 Å². The first kappa shape index (κ1) is 20.4. The number of halogens is 1. The average Bonchev–Trinajstić information content (AvgIpc) is 2.48. The van der Waals surface area contributed by atoms with Crippen LogP contribution in [0.1, 0.15) is 24.2 Å². The number of benzene rings is 1. The summed E-state index contributed by atoms with van der Waals surface area (Å²) in [6.45, 7) is 4.77. The van der Waals surface area contributed by atoms with Crippen LogP contribution in [0.5, 0.6) is 0 Å². The van der Waals surface area contributed by atoms with Crippen molar-refractivity contribution in [1.29, 1.82) is 0 Å². The van der Waals surface area contributed by atoms with Crippen molar-refractivity contribution < 1.29 is 4.79 Å². The Morgan fingerprint density at radius 2 is 1.75 bits per heavy atom. The van der Waals surface area contributed by atoms with Gasteiger partial charge < -0.3 is 10.6 Å². The molecule has 7 heteroatoms. The van der Waals surface area contributed by atoms with E-state index in [1.807, 2.05) is 51.2 Å². The van der Waals surface area contributed by atoms with E-state index < -0.39 is 0 Å². The Morgan fingerprint density at radius 3 is 2.33 bits per heavy atom. The fraction of sp³-hybridized carbons (Fsp3) is 0.353. The predicted octanol–water partition coefficient (Wildman–Crippen LogP) is 3.60. The molecule has 1 aromatic heterocycles. The molecule has 1 amide bonds. The molecule has 0 aliphatic carbocycles. The summed E-state index contributed by atoms with van der Waals surface area (Å²) >= 11 is 1.52. The number of aryl methyl sites for hydroxylation is 2. The second-order valence-corrected chi connectivity index (χ2v) is 6.36. The maximum atomic E-state index is 11.8. The largest absolute Gasteiger partial charge is 0.326 e. The van der Waals surface area contributed by atoms with E-state index in [2.05, 4.69) is 20.6 Å². The molecule has 0 unspecified atom stereocenters. The lowest BCUT2D eigenvalue weighted by atomic mass is 10.2. The molecule has 2 N–H and O–H groups in total. The molecule has 2 rings (SSSR count). The Balaban J connectivity index is 0.00000288. The number of carbonyl (C=O) groups is 1. The third-order valence-electron chi connectivity index (χ3n) is 3.14. The van der Waals surface area contributed by atoms with Crippen molar-refractivity contribution in [2.75, 3.05) is 18.9 Å². The predicted molar refractivity (Wildman–Crippen MR) is 101 cm³/mol. The van der Waals surface area contributed by atoms with Crippen LogP contribution < -0.4 is 10.6 Å². The maximum Gasteiger partial charge on any atom is 0.224 e. The monoisotopic (exact) mass is 366 g/mol. The number of rotatable bonds is 7. The minimum absolute atomic E-state index is 0. The zero-order valence-corrected chi connectivity index (χ0v) is 15.8. The van der Waals surface area contributed by atoms with Crippen molar-refractivity contribution >= 4 is 35.8 Å². The lowest BCUT2D eigenvalue weighted by Gasteiger charge is -2.07. The average molecular weight is 367 g/mol. The highest BCUT2D eigenvalue weighted by Gasteiger charge is 2.05. The number of amides is 1. The molecule has 0 atom stereocenters. The number of nitrogens with zero attached hydrogens (tertiary/aromatic N) is 2. The Bertz CT molecular complexity index is 644. The molecular formula is C17H23ClN4OS. The fourth-order valence-corrected chi connectivity index (χ4v) is 2.96. The van der Waals surface area contributed by atoms with E-state index in [9.17, 15) is 4.79 Å². The van der Waals surface area contributed by atoms with Crippen molar-refractivity contribution in [2.45, 2.75) is 36.7 Å². The van der Waals surface area contributed by atoms with E-state index in [1.54, 1.807) is 0 Å². The van der Waals surface area contributed by atoms with Crippen molar-refractivity contribution in [1.82, 2.24) is 15.3 Å². The summed E-state index contributed by atoms with van der Waals surface area (Å²) in [5.41, 5.74) is 2.74. The SMILES string of the molecule is CNCCCC(=O)Nc1ccc(Sc2nc(C)cc(C)n2)cc1.Cl. The van der Waals surface area contributed by atoms with Crippen LogP contribution in [0.3, 0.4) is 0 Å². The molecule has 2 aromatic rings. The standard InChI is InChI=1S/C17H22N4OS.ClH/c1-12-11-13(2)20-17(19-12)23-15-8-6-14(7-9-15)21-16(22)5-4-10-18-3;/h6-9,11,18H,4-5,10H2,1-3H3,(H,21,22);1H. The van der Waals surface area contributed by atoms with Gasteiger partial charge in [0.25, 0.3) is 0 Å². The van der Waals surface area contributed by atoms with Gasteiger partial charge in [-0.05, 0) is 76.0 Å². The van der Waals surface area contributed by atoms with Crippen molar-refractivity contribution in [2.24, 2.45) is 0 Å². The van der Waals surface area contributed by atoms with Crippen molar-refractivity contribution in [3.8, 4) is 0 Å². The lowest BCUT2D eigenvalue weighted by molar-refractivity contribution is -0.116. The fourth-order valence-electron chi connectivity index (χ4n) is 2.10. The van der Waals surface area contributed by atoms with E-state index >= 15 is 0 Å². The second kappa shape index (κ2) is 10.3. The number of hydrogen-bond acceptors (Lipinski definition) is 5. The Morgan fingerprint density at radius 1 is 1.12 bits per heavy atom. The topological polar surface area (TPSA) is 66.9 Å². The molecule has 130 valence electrons. The summed E-state index contributed by atoms with van der Waals surface area (Å²) in [7, 11) is 1.88. The third kappa shape index (κ3) is 6.86. The Kier molecular flexibility index (Phi) is 8.74. The second-order valence-electron chi connectivity index (χ2n) is 5.32. The van der Waals surface area contributed by atoms with Gasteiger partial charge >= 0.3 is 0 Å². The molecule has 0 bridgehead atoms. The van der Waals surface area contributed by atoms with Crippen LogP contribution in [-0.4, -0.2) is 29.5 Å². The Labute approximate surface area is 153 Å². The van der Waals surface area contributed by atoms with E-state index in [0.717, 1.165) is 40.1 Å². The molecule has 0 spiro atoms. The number of anilines is 1. The highest BCUT2D eigenvalue weighted by Crippen LogP contribution is 2.26. The molecule has 5 nitrogen and oxygen atoms in total. The molecule has 0 radical (unpaired) electrons. The summed E-state index contributed by atoms with van der Waals surface area (Å²) < 4.78 is 0. The summed E-state index contributed by atoms with van der Waals surface area (Å²) in [5, 5.41) is 6.68. The number of hydrogen-bond donors (Lipinski definition) is 2. The highest BCUT2D eigenvalue weighted by molar-refractivity contribution is 7.99. The molecule has 0 aliphatic rings. The van der Waals surface area contributed by atoms with Gasteiger partial charge in [0.15, 0.2) is 5.16 Å². The molecule has 0 saturated carbocycles. The van der Waals surface area contributed by atoms with Crippen LogP contribution in [0.4, 0.5) is 5.69 Å². The van der Waals surface area contributed by atoms with Crippen LogP contribution in [0.15, 0.2) is 40.4 Å². The zero-order valence-electron chi connectivity index (χ0n) is 14.1. The lowest BCUT2D eigenvalue weighted by Crippen LogP contribution is -2.15. The van der Waals surface area contributed by atoms with Crippen LogP contribution >= 0.6 is 24.2 Å². The minimum atomic E-state index is 0. The first-order valence-electron chi connectivity index (χ1n) is 7.61. The molecule has 0 fully saturated rings. The van der Waals surface area contributed by atoms with E-state index in [4.69, 9.17) is 0 Å². The first-order valence-corrected chi connectivity index (χ1v) is 8.43. The summed E-state index contributed by atoms with van der Waals surface area (Å²) in [6, 6.07) is 9.70. The van der Waals surface area contributed by atoms with E-state index in [1.165, 1.54) is 11.8 Å². The third-order valence-corrected chi connectivity index (χ3v) is 4.01. The normalized spacial score (nSPS) is 10.1. The summed E-state index contributed by atoms with van der Waals surface area (Å²) in [5.74, 6) is 0.0401. The smallest absolute Gasteiger partial charge is 0.224 e. The molecule has 1 aromatic carbocycles. The van der Waals surface area contributed by atoms with Crippen molar-refractivity contribution in [3.05, 3.63) is 41.7 Å². The van der Waals surface area contributed by atoms with Crippen molar-refractivity contribution in [3.63, 3.8) is 0 Å². The van der Waals surface area contributed by atoms with Gasteiger partial charge in [-0.1, -0.05) is 0 Å². The van der Waals surface area contributed by atoms with Gasteiger partial charge in [0.2, 0.25) is 5.91 Å². The number of nitrogens with one attached hydrogen (secondary N) is 2. The van der Waals surface area contributed by atoms with Gasteiger partial charge in [-0.25, -0.2) is 9.97 Å². The Hall–Kier alpha value is -1.63. The molecule has 1 heterocycles. The van der Waals surface area contributed by atoms with Gasteiger partial charge in [0.1, 0.15) is 0 Å². The number of carbonyl (C=O) groups excluding carboxylic acids is 1. The number of aromatic nitrogens is 2. The molecule has 24 heavy (non-hydrogen) atoms. The summed E-state index contributed by atoms with van der Waals surface area (Å²) in [4.78, 5) is 21.7.